The summed E-state index contributed by atoms with van der Waals surface area (Å²) in [6.45, 7) is 14.3. The molecule has 0 spiro atoms. The second-order valence-corrected chi connectivity index (χ2v) is 11.8. The predicted octanol–water partition coefficient (Wildman–Crippen LogP) is 7.83. The molecule has 44 heavy (non-hydrogen) atoms. The Labute approximate surface area is 256 Å². The first-order chi connectivity index (χ1) is 20.9. The van der Waals surface area contributed by atoms with E-state index in [0.717, 1.165) is 72.5 Å². The maximum Gasteiger partial charge on any atom is 0.303 e. The molecular weight excluding hydrogens is 556 g/mol. The van der Waals surface area contributed by atoms with Crippen LogP contribution in [0.4, 0.5) is 0 Å². The van der Waals surface area contributed by atoms with E-state index < -0.39 is 11.9 Å². The van der Waals surface area contributed by atoms with E-state index in [-0.39, 0.29) is 30.8 Å². The van der Waals surface area contributed by atoms with Gasteiger partial charge in [0.2, 0.25) is 0 Å². The topological polar surface area (TPSA) is 141 Å². The van der Waals surface area contributed by atoms with Crippen LogP contribution in [0.1, 0.15) is 109 Å². The number of methoxy groups -OCH3 is 1. The average Bonchev–Trinajstić information content (AvgIpc) is 3.63. The van der Waals surface area contributed by atoms with Gasteiger partial charge >= 0.3 is 11.9 Å². The number of nitrogens with one attached hydrogen (secondary N) is 2. The van der Waals surface area contributed by atoms with E-state index >= 15 is 0 Å². The lowest BCUT2D eigenvalue weighted by molar-refractivity contribution is -0.138. The summed E-state index contributed by atoms with van der Waals surface area (Å²) < 4.78 is 5.78. The maximum absolute atomic E-state index is 11.6. The smallest absolute Gasteiger partial charge is 0.303 e. The average molecular weight is 597 g/mol. The minimum Gasteiger partial charge on any atom is -0.481 e. The van der Waals surface area contributed by atoms with Gasteiger partial charge < -0.3 is 24.9 Å². The Morgan fingerprint density at radius 2 is 1.61 bits per heavy atom. The zero-order valence-electron chi connectivity index (χ0n) is 26.2. The highest BCUT2D eigenvalue weighted by Crippen LogP contribution is 2.42. The molecule has 4 N–H and O–H groups in total. The van der Waals surface area contributed by atoms with Crippen molar-refractivity contribution in [2.75, 3.05) is 7.11 Å². The number of rotatable bonds is 9. The van der Waals surface area contributed by atoms with E-state index in [0.29, 0.717) is 18.5 Å². The van der Waals surface area contributed by atoms with E-state index in [9.17, 15) is 19.8 Å². The van der Waals surface area contributed by atoms with E-state index in [1.165, 1.54) is 0 Å². The molecule has 0 fully saturated rings. The molecule has 0 aromatic carbocycles. The van der Waals surface area contributed by atoms with Crippen molar-refractivity contribution in [2.24, 2.45) is 0 Å². The van der Waals surface area contributed by atoms with Crippen LogP contribution in [0.3, 0.4) is 0 Å². The second-order valence-electron chi connectivity index (χ2n) is 11.8. The second kappa shape index (κ2) is 12.2. The predicted molar refractivity (Wildman–Crippen MR) is 173 cm³/mol. The number of fused-ring (bicyclic) bond motifs is 8. The summed E-state index contributed by atoms with van der Waals surface area (Å²) in [4.78, 5) is 40.4. The van der Waals surface area contributed by atoms with Crippen LogP contribution < -0.4 is 0 Å². The molecule has 0 aliphatic carbocycles. The Bertz CT molecular complexity index is 1860. The molecule has 2 aliphatic heterocycles. The summed E-state index contributed by atoms with van der Waals surface area (Å²) in [7, 11) is 1.68. The number of carbonyl (C=O) groups is 2. The first-order valence-corrected chi connectivity index (χ1v) is 15.0. The molecule has 0 saturated heterocycles. The van der Waals surface area contributed by atoms with Crippen molar-refractivity contribution in [1.29, 1.82) is 0 Å². The summed E-state index contributed by atoms with van der Waals surface area (Å²) in [5.41, 5.74) is 12.5. The minimum atomic E-state index is -0.882. The highest BCUT2D eigenvalue weighted by Gasteiger charge is 2.30. The Balaban J connectivity index is 1.92. The number of hydrogen-bond acceptors (Lipinski definition) is 5. The minimum absolute atomic E-state index is 0.0174. The molecule has 3 unspecified atom stereocenters. The Hall–Kier alpha value is -4.50. The van der Waals surface area contributed by atoms with Gasteiger partial charge in [0, 0.05) is 76.4 Å². The lowest BCUT2D eigenvalue weighted by Crippen LogP contribution is -2.06. The number of aromatic nitrogens is 4. The Kier molecular flexibility index (Phi) is 8.61. The van der Waals surface area contributed by atoms with Crippen molar-refractivity contribution in [3.63, 3.8) is 0 Å². The standard InChI is InChI=1S/C35H40N4O5/c1-8-22-17(2)25-13-26-18(3)23(9-11-33(40)41)30(37-26)16-31-24(10-12-34(42)43)19(4)27(38-31)15-32-35(21(6)44-7)20(5)28(39-32)14-29(22)36-25/h8,13-16,18,21,23,36,39H,1,9-12H2,2-7H3,(H,40,41)(H,42,43). The van der Waals surface area contributed by atoms with Gasteiger partial charge in [-0.1, -0.05) is 19.6 Å². The van der Waals surface area contributed by atoms with Crippen molar-refractivity contribution in [3.8, 4) is 0 Å². The molecule has 0 radical (unpaired) electrons. The van der Waals surface area contributed by atoms with Gasteiger partial charge in [-0.3, -0.25) is 14.6 Å². The summed E-state index contributed by atoms with van der Waals surface area (Å²) >= 11 is 0. The van der Waals surface area contributed by atoms with E-state index in [2.05, 4.69) is 43.4 Å². The van der Waals surface area contributed by atoms with Crippen LogP contribution in [-0.2, 0) is 14.3 Å². The van der Waals surface area contributed by atoms with Gasteiger partial charge in [0.05, 0.1) is 17.5 Å². The van der Waals surface area contributed by atoms with Gasteiger partial charge in [-0.2, -0.15) is 0 Å². The van der Waals surface area contributed by atoms with Gasteiger partial charge in [0.25, 0.3) is 0 Å². The van der Waals surface area contributed by atoms with Gasteiger partial charge in [0.15, 0.2) is 0 Å². The number of nitrogens with zero attached hydrogens (tertiary/aromatic N) is 2. The molecule has 5 heterocycles. The molecule has 3 atom stereocenters. The zero-order valence-corrected chi connectivity index (χ0v) is 26.2. The first-order valence-electron chi connectivity index (χ1n) is 15.0. The number of carboxylic acid groups (broad SMARTS) is 2. The monoisotopic (exact) mass is 596 g/mol. The number of allylic oxidation sites excluding steroid dienone is 2. The quantitative estimate of drug-likeness (QED) is 0.197. The normalized spacial score (nSPS) is 17.1. The molecule has 3 aromatic heterocycles. The van der Waals surface area contributed by atoms with Crippen molar-refractivity contribution < 1.29 is 24.5 Å². The fourth-order valence-electron chi connectivity index (χ4n) is 6.51. The first kappa shape index (κ1) is 30.9. The number of H-pyrrole nitrogens is 2. The summed E-state index contributed by atoms with van der Waals surface area (Å²) in [6, 6.07) is 8.06. The lowest BCUT2D eigenvalue weighted by atomic mass is 9.87. The largest absolute Gasteiger partial charge is 0.481 e. The number of carboxylic acids is 2. The molecule has 5 rings (SSSR count). The molecule has 2 aliphatic rings. The van der Waals surface area contributed by atoms with Crippen molar-refractivity contribution in [2.45, 2.75) is 78.2 Å². The highest BCUT2D eigenvalue weighted by molar-refractivity contribution is 5.93. The van der Waals surface area contributed by atoms with Crippen LogP contribution in [0.2, 0.25) is 0 Å². The molecule has 230 valence electrons. The van der Waals surface area contributed by atoms with Gasteiger partial charge in [-0.15, -0.1) is 0 Å². The third-order valence-electron chi connectivity index (χ3n) is 9.20. The third-order valence-corrected chi connectivity index (χ3v) is 9.20. The van der Waals surface area contributed by atoms with E-state index in [4.69, 9.17) is 14.7 Å². The molecular formula is C35H40N4O5. The van der Waals surface area contributed by atoms with Crippen LogP contribution in [0.15, 0.2) is 30.8 Å². The molecule has 3 aromatic rings. The highest BCUT2D eigenvalue weighted by atomic mass is 16.5. The molecule has 8 bridgehead atoms. The van der Waals surface area contributed by atoms with Crippen LogP contribution in [0, 0.1) is 13.8 Å². The summed E-state index contributed by atoms with van der Waals surface area (Å²) in [5, 5.41) is 19.0. The van der Waals surface area contributed by atoms with Crippen molar-refractivity contribution in [3.05, 3.63) is 75.9 Å². The van der Waals surface area contributed by atoms with Gasteiger partial charge in [0.1, 0.15) is 0 Å². The maximum atomic E-state index is 11.6. The van der Waals surface area contributed by atoms with Crippen LogP contribution in [-0.4, -0.2) is 49.2 Å². The number of aliphatic carboxylic acids is 2. The number of hydrogen-bond donors (Lipinski definition) is 4. The van der Waals surface area contributed by atoms with Crippen molar-refractivity contribution in [1.82, 2.24) is 19.9 Å². The van der Waals surface area contributed by atoms with Gasteiger partial charge in [-0.25, -0.2) is 4.98 Å². The summed E-state index contributed by atoms with van der Waals surface area (Å²) in [6.07, 6.45) is 2.39. The van der Waals surface area contributed by atoms with Crippen LogP contribution in [0.25, 0.3) is 39.3 Å². The molecule has 9 heteroatoms. The number of ether oxygens (including phenoxy) is 1. The third kappa shape index (κ3) is 5.71. The lowest BCUT2D eigenvalue weighted by Gasteiger charge is -2.15. The fraction of sp³-hybridized carbons (Fsp3) is 0.371. The van der Waals surface area contributed by atoms with Crippen LogP contribution in [0.5, 0.6) is 0 Å². The van der Waals surface area contributed by atoms with Gasteiger partial charge in [-0.05, 0) is 87.1 Å². The number of aryl methyl sites for hydroxylation is 2. The number of aromatic amines is 2. The molecule has 9 nitrogen and oxygen atoms in total. The van der Waals surface area contributed by atoms with Crippen LogP contribution >= 0.6 is 0 Å². The SMILES string of the molecule is C=Cc1c(C)c2cc3nc(cc4nc(cc5[nH]c(cc1[nH]2)c(C)c5C(C)OC)C(C)=C4CCC(=O)O)C(CCC(=O)O)C3C. The molecule has 0 saturated carbocycles. The fourth-order valence-corrected chi connectivity index (χ4v) is 6.51. The molecule has 0 amide bonds. The summed E-state index contributed by atoms with van der Waals surface area (Å²) in [5.74, 6) is -1.90. The van der Waals surface area contributed by atoms with E-state index in [1.807, 2.05) is 38.1 Å². The Morgan fingerprint density at radius 3 is 2.27 bits per heavy atom. The van der Waals surface area contributed by atoms with Crippen molar-refractivity contribution >= 4 is 51.2 Å². The Morgan fingerprint density at radius 1 is 0.932 bits per heavy atom. The zero-order chi connectivity index (χ0) is 31.9. The van der Waals surface area contributed by atoms with E-state index in [1.54, 1.807) is 7.11 Å².